The molecule has 0 atom stereocenters. The summed E-state index contributed by atoms with van der Waals surface area (Å²) in [6.07, 6.45) is 3.93. The van der Waals surface area contributed by atoms with Gasteiger partial charge in [-0.2, -0.15) is 0 Å². The molecule has 1 amide bonds. The van der Waals surface area contributed by atoms with Crippen molar-refractivity contribution < 1.29 is 19.4 Å². The Balaban J connectivity index is 1.71. The quantitative estimate of drug-likeness (QED) is 0.720. The zero-order valence-electron chi connectivity index (χ0n) is 13.9. The highest BCUT2D eigenvalue weighted by Crippen LogP contribution is 2.12. The molecule has 0 aromatic heterocycles. The molecule has 2 N–H and O–H groups in total. The molecule has 5 heteroatoms. The number of aliphatic carboxylic acids is 1. The fourth-order valence-electron chi connectivity index (χ4n) is 2.26. The van der Waals surface area contributed by atoms with E-state index in [1.54, 1.807) is 6.07 Å². The molecule has 25 heavy (non-hydrogen) atoms. The molecule has 5 nitrogen and oxygen atoms in total. The van der Waals surface area contributed by atoms with Gasteiger partial charge in [0.25, 0.3) is 0 Å². The summed E-state index contributed by atoms with van der Waals surface area (Å²) in [4.78, 5) is 22.5. The lowest BCUT2D eigenvalue weighted by molar-refractivity contribution is -0.136. The predicted octanol–water partition coefficient (Wildman–Crippen LogP) is 3.64. The Hall–Kier alpha value is -3.08. The maximum atomic E-state index is 11.6. The van der Waals surface area contributed by atoms with Crippen LogP contribution < -0.4 is 5.32 Å². The second kappa shape index (κ2) is 9.93. The van der Waals surface area contributed by atoms with Gasteiger partial charge in [-0.25, -0.2) is 4.79 Å². The summed E-state index contributed by atoms with van der Waals surface area (Å²) in [5, 5.41) is 11.6. The van der Waals surface area contributed by atoms with Crippen LogP contribution in [0.5, 0.6) is 0 Å². The number of hydrogen-bond donors (Lipinski definition) is 2. The van der Waals surface area contributed by atoms with E-state index in [1.807, 2.05) is 60.7 Å². The number of alkyl carbamates (subject to hydrolysis) is 1. The molecule has 0 aliphatic carbocycles. The summed E-state index contributed by atoms with van der Waals surface area (Å²) in [5.74, 6) is -0.858. The molecule has 0 fully saturated rings. The Bertz CT molecular complexity index is 725. The van der Waals surface area contributed by atoms with Crippen LogP contribution in [0.4, 0.5) is 4.79 Å². The average molecular weight is 339 g/mol. The van der Waals surface area contributed by atoms with Gasteiger partial charge >= 0.3 is 12.1 Å². The molecule has 0 bridgehead atoms. The molecule has 0 aliphatic heterocycles. The van der Waals surface area contributed by atoms with Gasteiger partial charge in [-0.1, -0.05) is 66.7 Å². The van der Waals surface area contributed by atoms with Crippen molar-refractivity contribution in [1.82, 2.24) is 5.32 Å². The van der Waals surface area contributed by atoms with E-state index < -0.39 is 12.1 Å². The Morgan fingerprint density at radius 3 is 2.52 bits per heavy atom. The van der Waals surface area contributed by atoms with E-state index in [9.17, 15) is 9.59 Å². The van der Waals surface area contributed by atoms with Crippen molar-refractivity contribution in [2.75, 3.05) is 6.54 Å². The minimum Gasteiger partial charge on any atom is -0.481 e. The largest absolute Gasteiger partial charge is 0.481 e. The summed E-state index contributed by atoms with van der Waals surface area (Å²) >= 11 is 0. The molecule has 0 heterocycles. The second-order valence-corrected chi connectivity index (χ2v) is 5.45. The third kappa shape index (κ3) is 6.91. The minimum atomic E-state index is -0.858. The highest BCUT2D eigenvalue weighted by atomic mass is 16.5. The van der Waals surface area contributed by atoms with Crippen molar-refractivity contribution in [2.24, 2.45) is 0 Å². The number of ether oxygens (including phenoxy) is 1. The molecule has 0 saturated heterocycles. The monoisotopic (exact) mass is 339 g/mol. The number of carboxylic acid groups (broad SMARTS) is 1. The van der Waals surface area contributed by atoms with Crippen molar-refractivity contribution in [3.05, 3.63) is 77.4 Å². The first kappa shape index (κ1) is 18.3. The van der Waals surface area contributed by atoms with E-state index in [1.165, 1.54) is 0 Å². The van der Waals surface area contributed by atoms with E-state index >= 15 is 0 Å². The van der Waals surface area contributed by atoms with Gasteiger partial charge in [0.05, 0.1) is 6.42 Å². The number of benzene rings is 2. The molecule has 0 saturated carbocycles. The molecule has 0 radical (unpaired) electrons. The van der Waals surface area contributed by atoms with Crippen LogP contribution >= 0.6 is 0 Å². The summed E-state index contributed by atoms with van der Waals surface area (Å²) in [6.45, 7) is 0.691. The maximum Gasteiger partial charge on any atom is 0.407 e. The van der Waals surface area contributed by atoms with Gasteiger partial charge in [-0.15, -0.1) is 0 Å². The zero-order chi connectivity index (χ0) is 17.9. The number of carbonyl (C=O) groups is 2. The molecule has 0 aliphatic rings. The van der Waals surface area contributed by atoms with Crippen molar-refractivity contribution in [3.63, 3.8) is 0 Å². The number of amides is 1. The van der Waals surface area contributed by atoms with Crippen molar-refractivity contribution in [3.8, 4) is 0 Å². The van der Waals surface area contributed by atoms with Crippen LogP contribution in [0.3, 0.4) is 0 Å². The van der Waals surface area contributed by atoms with Crippen LogP contribution in [-0.4, -0.2) is 23.7 Å². The van der Waals surface area contributed by atoms with E-state index in [0.717, 1.165) is 16.7 Å². The summed E-state index contributed by atoms with van der Waals surface area (Å²) in [7, 11) is 0. The van der Waals surface area contributed by atoms with Crippen molar-refractivity contribution in [2.45, 2.75) is 19.4 Å². The molecular weight excluding hydrogens is 318 g/mol. The van der Waals surface area contributed by atoms with Gasteiger partial charge in [0, 0.05) is 6.54 Å². The lowest BCUT2D eigenvalue weighted by Gasteiger charge is -2.06. The smallest absolute Gasteiger partial charge is 0.407 e. The second-order valence-electron chi connectivity index (χ2n) is 5.45. The molecule has 2 aromatic rings. The summed E-state index contributed by atoms with van der Waals surface area (Å²) in [5.41, 5.74) is 2.57. The van der Waals surface area contributed by atoms with Crippen LogP contribution in [0.15, 0.2) is 60.7 Å². The highest BCUT2D eigenvalue weighted by molar-refractivity contribution is 5.72. The van der Waals surface area contributed by atoms with Gasteiger partial charge in [0.15, 0.2) is 0 Å². The SMILES string of the molecule is O=C(O)Cc1ccccc1C=CCCNC(=O)OCc1ccccc1. The number of carbonyl (C=O) groups excluding carboxylic acids is 1. The average Bonchev–Trinajstić information content (AvgIpc) is 2.61. The minimum absolute atomic E-state index is 0.00935. The molecular formula is C20H21NO4. The number of nitrogens with one attached hydrogen (secondary N) is 1. The van der Waals surface area contributed by atoms with Crippen LogP contribution in [0.2, 0.25) is 0 Å². The standard InChI is InChI=1S/C20H21NO4/c22-19(23)14-18-12-5-4-10-17(18)11-6-7-13-21-20(24)25-15-16-8-2-1-3-9-16/h1-6,8-12H,7,13-15H2,(H,21,24)(H,22,23). The molecule has 0 spiro atoms. The number of hydrogen-bond acceptors (Lipinski definition) is 3. The van der Waals surface area contributed by atoms with E-state index in [-0.39, 0.29) is 13.0 Å². The Morgan fingerprint density at radius 2 is 1.76 bits per heavy atom. The normalized spacial score (nSPS) is 10.6. The Kier molecular flexibility index (Phi) is 7.25. The topological polar surface area (TPSA) is 75.6 Å². The maximum absolute atomic E-state index is 11.6. The molecule has 130 valence electrons. The van der Waals surface area contributed by atoms with Crippen molar-refractivity contribution >= 4 is 18.1 Å². The van der Waals surface area contributed by atoms with Crippen LogP contribution in [0, 0.1) is 0 Å². The van der Waals surface area contributed by atoms with Crippen LogP contribution in [0.25, 0.3) is 6.08 Å². The van der Waals surface area contributed by atoms with Gasteiger partial charge in [0.2, 0.25) is 0 Å². The van der Waals surface area contributed by atoms with Crippen LogP contribution in [0.1, 0.15) is 23.1 Å². The van der Waals surface area contributed by atoms with Gasteiger partial charge in [-0.05, 0) is 23.1 Å². The van der Waals surface area contributed by atoms with Gasteiger partial charge in [-0.3, -0.25) is 4.79 Å². The first-order valence-electron chi connectivity index (χ1n) is 8.06. The molecule has 2 aromatic carbocycles. The number of carboxylic acids is 1. The van der Waals surface area contributed by atoms with E-state index in [0.29, 0.717) is 13.0 Å². The lowest BCUT2D eigenvalue weighted by atomic mass is 10.0. The summed E-state index contributed by atoms with van der Waals surface area (Å²) in [6, 6.07) is 16.8. The molecule has 0 unspecified atom stereocenters. The highest BCUT2D eigenvalue weighted by Gasteiger charge is 2.04. The lowest BCUT2D eigenvalue weighted by Crippen LogP contribution is -2.24. The van der Waals surface area contributed by atoms with Crippen molar-refractivity contribution in [1.29, 1.82) is 0 Å². The number of rotatable bonds is 8. The first-order chi connectivity index (χ1) is 12.1. The fourth-order valence-corrected chi connectivity index (χ4v) is 2.26. The first-order valence-corrected chi connectivity index (χ1v) is 8.06. The van der Waals surface area contributed by atoms with E-state index in [4.69, 9.17) is 9.84 Å². The van der Waals surface area contributed by atoms with Gasteiger partial charge in [0.1, 0.15) is 6.61 Å². The van der Waals surface area contributed by atoms with Crippen LogP contribution in [-0.2, 0) is 22.6 Å². The van der Waals surface area contributed by atoms with E-state index in [2.05, 4.69) is 5.32 Å². The zero-order valence-corrected chi connectivity index (χ0v) is 13.9. The third-order valence-corrected chi connectivity index (χ3v) is 3.49. The molecule has 2 rings (SSSR count). The fraction of sp³-hybridized carbons (Fsp3) is 0.200. The third-order valence-electron chi connectivity index (χ3n) is 3.49. The predicted molar refractivity (Wildman–Crippen MR) is 96.1 cm³/mol. The Morgan fingerprint density at radius 1 is 1.04 bits per heavy atom. The Labute approximate surface area is 146 Å². The summed E-state index contributed by atoms with van der Waals surface area (Å²) < 4.78 is 5.12. The van der Waals surface area contributed by atoms with Gasteiger partial charge < -0.3 is 15.2 Å².